The average molecular weight is 383 g/mol. The van der Waals surface area contributed by atoms with Gasteiger partial charge in [-0.1, -0.05) is 24.6 Å². The molecule has 0 bridgehead atoms. The fraction of sp³-hybridized carbons (Fsp3) is 0.455. The van der Waals surface area contributed by atoms with E-state index in [-0.39, 0.29) is 5.56 Å². The average Bonchev–Trinajstić information content (AvgIpc) is 3.03. The molecule has 27 heavy (non-hydrogen) atoms. The Balaban J connectivity index is 1.38. The zero-order valence-electron chi connectivity index (χ0n) is 16.0. The molecular weight excluding hydrogens is 356 g/mol. The summed E-state index contributed by atoms with van der Waals surface area (Å²) in [4.78, 5) is 19.8. The molecule has 0 saturated carbocycles. The molecule has 0 unspecified atom stereocenters. The molecule has 0 saturated heterocycles. The number of ether oxygens (including phenoxy) is 1. The number of unbranched alkanes of at least 4 members (excludes halogenated alkanes) is 1. The second-order valence-electron chi connectivity index (χ2n) is 7.64. The zero-order chi connectivity index (χ0) is 18.8. The molecule has 1 aliphatic carbocycles. The van der Waals surface area contributed by atoms with Gasteiger partial charge in [-0.15, -0.1) is 11.3 Å². The Morgan fingerprint density at radius 2 is 2.07 bits per heavy atom. The van der Waals surface area contributed by atoms with Crippen molar-refractivity contribution in [2.45, 2.75) is 52.5 Å². The zero-order valence-corrected chi connectivity index (χ0v) is 16.8. The maximum absolute atomic E-state index is 13.0. The van der Waals surface area contributed by atoms with Gasteiger partial charge in [0.25, 0.3) is 5.56 Å². The Labute approximate surface area is 163 Å². The molecule has 5 heteroatoms. The van der Waals surface area contributed by atoms with Crippen LogP contribution in [0.25, 0.3) is 10.2 Å². The Bertz CT molecular complexity index is 988. The van der Waals surface area contributed by atoms with E-state index in [0.717, 1.165) is 41.6 Å². The highest BCUT2D eigenvalue weighted by atomic mass is 32.1. The summed E-state index contributed by atoms with van der Waals surface area (Å²) >= 11 is 1.71. The van der Waals surface area contributed by atoms with E-state index in [1.165, 1.54) is 22.4 Å². The van der Waals surface area contributed by atoms with Crippen molar-refractivity contribution in [1.29, 1.82) is 0 Å². The van der Waals surface area contributed by atoms with E-state index in [0.29, 0.717) is 19.1 Å². The van der Waals surface area contributed by atoms with Crippen molar-refractivity contribution in [3.63, 3.8) is 0 Å². The first-order valence-electron chi connectivity index (χ1n) is 9.81. The topological polar surface area (TPSA) is 44.1 Å². The summed E-state index contributed by atoms with van der Waals surface area (Å²) in [6.45, 7) is 5.72. The van der Waals surface area contributed by atoms with Crippen LogP contribution in [0.15, 0.2) is 35.4 Å². The lowest BCUT2D eigenvalue weighted by Crippen LogP contribution is -2.22. The van der Waals surface area contributed by atoms with Crippen molar-refractivity contribution in [2.24, 2.45) is 5.92 Å². The van der Waals surface area contributed by atoms with Gasteiger partial charge in [0.05, 0.1) is 18.3 Å². The van der Waals surface area contributed by atoms with E-state index < -0.39 is 0 Å². The molecule has 0 aliphatic heterocycles. The highest BCUT2D eigenvalue weighted by molar-refractivity contribution is 7.18. The van der Waals surface area contributed by atoms with Crippen LogP contribution in [0.3, 0.4) is 0 Å². The molecule has 0 amide bonds. The van der Waals surface area contributed by atoms with Crippen molar-refractivity contribution in [2.75, 3.05) is 6.61 Å². The SMILES string of the molecule is Cc1ccc(OCCCCn2cnc3sc4c(c3c2=O)CC[C@H](C)C4)cc1. The number of fused-ring (bicyclic) bond motifs is 3. The fourth-order valence-electron chi connectivity index (χ4n) is 3.73. The van der Waals surface area contributed by atoms with Gasteiger partial charge in [0.2, 0.25) is 0 Å². The number of thiophene rings is 1. The van der Waals surface area contributed by atoms with Crippen LogP contribution in [-0.4, -0.2) is 16.2 Å². The molecule has 0 radical (unpaired) electrons. The third-order valence-corrected chi connectivity index (χ3v) is 6.53. The largest absolute Gasteiger partial charge is 0.494 e. The lowest BCUT2D eigenvalue weighted by Gasteiger charge is -2.17. The lowest BCUT2D eigenvalue weighted by atomic mass is 9.89. The standard InChI is InChI=1S/C22H26N2O2S/c1-15-5-8-17(9-6-15)26-12-4-3-11-24-14-23-21-20(22(24)25)18-10-7-16(2)13-19(18)27-21/h5-6,8-9,14,16H,3-4,7,10-13H2,1-2H3/t16-/m0/s1. The summed E-state index contributed by atoms with van der Waals surface area (Å²) < 4.78 is 7.55. The van der Waals surface area contributed by atoms with Gasteiger partial charge in [0.15, 0.2) is 0 Å². The maximum atomic E-state index is 13.0. The molecule has 0 fully saturated rings. The van der Waals surface area contributed by atoms with Crippen molar-refractivity contribution in [3.8, 4) is 5.75 Å². The maximum Gasteiger partial charge on any atom is 0.262 e. The molecule has 142 valence electrons. The molecule has 0 N–H and O–H groups in total. The van der Waals surface area contributed by atoms with Crippen molar-refractivity contribution < 1.29 is 4.74 Å². The fourth-order valence-corrected chi connectivity index (χ4v) is 5.08. The summed E-state index contributed by atoms with van der Waals surface area (Å²) in [5.74, 6) is 1.61. The Morgan fingerprint density at radius 3 is 2.89 bits per heavy atom. The molecule has 4 nitrogen and oxygen atoms in total. The number of nitrogens with zero attached hydrogens (tertiary/aromatic N) is 2. The Morgan fingerprint density at radius 1 is 1.26 bits per heavy atom. The molecule has 1 aliphatic rings. The number of benzene rings is 1. The Hall–Kier alpha value is -2.14. The van der Waals surface area contributed by atoms with Gasteiger partial charge in [-0.05, 0) is 62.6 Å². The smallest absolute Gasteiger partial charge is 0.262 e. The van der Waals surface area contributed by atoms with E-state index in [1.807, 2.05) is 12.1 Å². The highest BCUT2D eigenvalue weighted by Crippen LogP contribution is 2.35. The number of rotatable bonds is 6. The van der Waals surface area contributed by atoms with Gasteiger partial charge >= 0.3 is 0 Å². The van der Waals surface area contributed by atoms with Gasteiger partial charge in [0.1, 0.15) is 10.6 Å². The first kappa shape index (κ1) is 18.2. The van der Waals surface area contributed by atoms with E-state index in [4.69, 9.17) is 4.74 Å². The number of hydrogen-bond donors (Lipinski definition) is 0. The second-order valence-corrected chi connectivity index (χ2v) is 8.73. The summed E-state index contributed by atoms with van der Waals surface area (Å²) in [7, 11) is 0. The Kier molecular flexibility index (Phi) is 5.30. The second kappa shape index (κ2) is 7.85. The van der Waals surface area contributed by atoms with Crippen LogP contribution in [-0.2, 0) is 19.4 Å². The molecular formula is C22H26N2O2S. The predicted molar refractivity (Wildman–Crippen MR) is 111 cm³/mol. The summed E-state index contributed by atoms with van der Waals surface area (Å²) in [6, 6.07) is 8.10. The molecule has 2 aromatic heterocycles. The van der Waals surface area contributed by atoms with Crippen LogP contribution in [0.1, 0.15) is 42.2 Å². The van der Waals surface area contributed by atoms with E-state index in [2.05, 4.69) is 31.0 Å². The van der Waals surface area contributed by atoms with Gasteiger partial charge in [-0.3, -0.25) is 9.36 Å². The van der Waals surface area contributed by atoms with Crippen LogP contribution in [0.2, 0.25) is 0 Å². The van der Waals surface area contributed by atoms with Gasteiger partial charge in [0, 0.05) is 11.4 Å². The van der Waals surface area contributed by atoms with Gasteiger partial charge in [-0.2, -0.15) is 0 Å². The number of aryl methyl sites for hydroxylation is 3. The predicted octanol–water partition coefficient (Wildman–Crippen LogP) is 4.75. The van der Waals surface area contributed by atoms with Crippen LogP contribution in [0.5, 0.6) is 5.75 Å². The molecule has 1 atom stereocenters. The third-order valence-electron chi connectivity index (χ3n) is 5.37. The van der Waals surface area contributed by atoms with Crippen LogP contribution in [0.4, 0.5) is 0 Å². The van der Waals surface area contributed by atoms with E-state index in [1.54, 1.807) is 22.2 Å². The van der Waals surface area contributed by atoms with Crippen molar-refractivity contribution in [1.82, 2.24) is 9.55 Å². The molecule has 0 spiro atoms. The van der Waals surface area contributed by atoms with Crippen molar-refractivity contribution >= 4 is 21.6 Å². The minimum absolute atomic E-state index is 0.131. The minimum Gasteiger partial charge on any atom is -0.494 e. The number of hydrogen-bond acceptors (Lipinski definition) is 4. The normalized spacial score (nSPS) is 16.4. The van der Waals surface area contributed by atoms with Gasteiger partial charge < -0.3 is 4.74 Å². The number of aromatic nitrogens is 2. The molecule has 3 aromatic rings. The monoisotopic (exact) mass is 382 g/mol. The van der Waals surface area contributed by atoms with Gasteiger partial charge in [-0.25, -0.2) is 4.98 Å². The summed E-state index contributed by atoms with van der Waals surface area (Å²) in [6.07, 6.45) is 6.81. The first-order valence-corrected chi connectivity index (χ1v) is 10.6. The van der Waals surface area contributed by atoms with Crippen molar-refractivity contribution in [3.05, 3.63) is 57.0 Å². The third kappa shape index (κ3) is 3.93. The van der Waals surface area contributed by atoms with Crippen LogP contribution >= 0.6 is 11.3 Å². The first-order chi connectivity index (χ1) is 13.1. The molecule has 2 heterocycles. The summed E-state index contributed by atoms with van der Waals surface area (Å²) in [5.41, 5.74) is 2.63. The minimum atomic E-state index is 0.131. The van der Waals surface area contributed by atoms with Crippen LogP contribution in [0, 0.1) is 12.8 Å². The van der Waals surface area contributed by atoms with Crippen LogP contribution < -0.4 is 10.3 Å². The van der Waals surface area contributed by atoms with E-state index in [9.17, 15) is 4.79 Å². The molecule has 4 rings (SSSR count). The highest BCUT2D eigenvalue weighted by Gasteiger charge is 2.23. The summed E-state index contributed by atoms with van der Waals surface area (Å²) in [5, 5.41) is 0.875. The van der Waals surface area contributed by atoms with E-state index >= 15 is 0 Å². The quantitative estimate of drug-likeness (QED) is 0.578. The molecule has 1 aromatic carbocycles. The lowest BCUT2D eigenvalue weighted by molar-refractivity contribution is 0.302.